The molecule has 0 spiro atoms. The van der Waals surface area contributed by atoms with Gasteiger partial charge in [-0.25, -0.2) is 0 Å². The van der Waals surface area contributed by atoms with Crippen LogP contribution < -0.4 is 0 Å². The maximum atomic E-state index is 11.2. The lowest BCUT2D eigenvalue weighted by molar-refractivity contribution is -0.118. The maximum Gasteiger partial charge on any atom is 0.132 e. The Labute approximate surface area is 99.8 Å². The second-order valence-corrected chi connectivity index (χ2v) is 5.03. The number of likely N-dealkylation sites (N-methyl/N-ethyl adjacent to an activating group) is 2. The first-order chi connectivity index (χ1) is 7.63. The van der Waals surface area contributed by atoms with Crippen LogP contribution in [-0.2, 0) is 4.79 Å². The molecule has 1 rings (SSSR count). The van der Waals surface area contributed by atoms with E-state index in [1.54, 1.807) is 0 Å². The molecule has 1 unspecified atom stereocenters. The molecule has 0 radical (unpaired) electrons. The van der Waals surface area contributed by atoms with Crippen molar-refractivity contribution in [3.8, 4) is 0 Å². The smallest absolute Gasteiger partial charge is 0.132 e. The van der Waals surface area contributed by atoms with Crippen molar-refractivity contribution in [2.45, 2.75) is 45.1 Å². The van der Waals surface area contributed by atoms with Crippen molar-refractivity contribution in [3.05, 3.63) is 0 Å². The van der Waals surface area contributed by atoms with Gasteiger partial charge in [-0.1, -0.05) is 6.92 Å². The summed E-state index contributed by atoms with van der Waals surface area (Å²) in [5, 5.41) is 0. The van der Waals surface area contributed by atoms with E-state index in [0.29, 0.717) is 18.2 Å². The van der Waals surface area contributed by atoms with Gasteiger partial charge in [0.1, 0.15) is 5.78 Å². The van der Waals surface area contributed by atoms with E-state index in [9.17, 15) is 4.79 Å². The standard InChI is InChI=1S/C13H26N2O/c1-4-13(16)8-6-10-15(3)12-7-5-9-14(2)11-12/h12H,4-11H2,1-3H3. The van der Waals surface area contributed by atoms with Gasteiger partial charge < -0.3 is 9.80 Å². The lowest BCUT2D eigenvalue weighted by Crippen LogP contribution is -2.45. The molecular weight excluding hydrogens is 200 g/mol. The van der Waals surface area contributed by atoms with E-state index in [1.165, 1.54) is 25.9 Å². The molecule has 1 aliphatic heterocycles. The molecule has 94 valence electrons. The third-order valence-corrected chi connectivity index (χ3v) is 3.58. The molecule has 1 aliphatic rings. The van der Waals surface area contributed by atoms with E-state index in [-0.39, 0.29) is 0 Å². The van der Waals surface area contributed by atoms with Gasteiger partial charge >= 0.3 is 0 Å². The lowest BCUT2D eigenvalue weighted by atomic mass is 10.0. The van der Waals surface area contributed by atoms with Crippen molar-refractivity contribution in [3.63, 3.8) is 0 Å². The number of ketones is 1. The first-order valence-corrected chi connectivity index (χ1v) is 6.54. The highest BCUT2D eigenvalue weighted by Gasteiger charge is 2.20. The fourth-order valence-corrected chi connectivity index (χ4v) is 2.38. The molecule has 0 saturated carbocycles. The Morgan fingerprint density at radius 3 is 2.88 bits per heavy atom. The Hall–Kier alpha value is -0.410. The monoisotopic (exact) mass is 226 g/mol. The summed E-state index contributed by atoms with van der Waals surface area (Å²) in [6.07, 6.45) is 5.07. The van der Waals surface area contributed by atoms with Crippen LogP contribution in [0, 0.1) is 0 Å². The summed E-state index contributed by atoms with van der Waals surface area (Å²) in [5.74, 6) is 0.397. The van der Waals surface area contributed by atoms with Crippen molar-refractivity contribution in [2.75, 3.05) is 33.7 Å². The van der Waals surface area contributed by atoms with Crippen LogP contribution in [0.5, 0.6) is 0 Å². The molecule has 1 saturated heterocycles. The average Bonchev–Trinajstić information content (AvgIpc) is 2.28. The fourth-order valence-electron chi connectivity index (χ4n) is 2.38. The lowest BCUT2D eigenvalue weighted by Gasteiger charge is -2.35. The fraction of sp³-hybridized carbons (Fsp3) is 0.923. The van der Waals surface area contributed by atoms with E-state index in [4.69, 9.17) is 0 Å². The average molecular weight is 226 g/mol. The number of hydrogen-bond acceptors (Lipinski definition) is 3. The summed E-state index contributed by atoms with van der Waals surface area (Å²) in [6.45, 7) is 5.42. The summed E-state index contributed by atoms with van der Waals surface area (Å²) in [5.41, 5.74) is 0. The summed E-state index contributed by atoms with van der Waals surface area (Å²) < 4.78 is 0. The predicted octanol–water partition coefficient (Wildman–Crippen LogP) is 1.77. The number of nitrogens with zero attached hydrogens (tertiary/aromatic N) is 2. The van der Waals surface area contributed by atoms with E-state index in [2.05, 4.69) is 23.9 Å². The Bertz CT molecular complexity index is 218. The van der Waals surface area contributed by atoms with Gasteiger partial charge in [-0.15, -0.1) is 0 Å². The molecule has 0 N–H and O–H groups in total. The van der Waals surface area contributed by atoms with Crippen LogP contribution in [0.25, 0.3) is 0 Å². The Morgan fingerprint density at radius 2 is 2.25 bits per heavy atom. The molecule has 3 nitrogen and oxygen atoms in total. The molecule has 1 atom stereocenters. The minimum absolute atomic E-state index is 0.397. The Kier molecular flexibility index (Phi) is 5.99. The van der Waals surface area contributed by atoms with Gasteiger partial charge in [0.15, 0.2) is 0 Å². The highest BCUT2D eigenvalue weighted by atomic mass is 16.1. The number of carbonyl (C=O) groups is 1. The zero-order valence-corrected chi connectivity index (χ0v) is 11.0. The maximum absolute atomic E-state index is 11.2. The van der Waals surface area contributed by atoms with Crippen LogP contribution in [0.4, 0.5) is 0 Å². The Balaban J connectivity index is 2.18. The number of likely N-dealkylation sites (tertiary alicyclic amines) is 1. The summed E-state index contributed by atoms with van der Waals surface area (Å²) >= 11 is 0. The molecule has 1 fully saturated rings. The second kappa shape index (κ2) is 7.02. The van der Waals surface area contributed by atoms with Gasteiger partial charge in [0.05, 0.1) is 0 Å². The number of carbonyl (C=O) groups excluding carboxylic acids is 1. The summed E-state index contributed by atoms with van der Waals surface area (Å²) in [7, 11) is 4.39. The van der Waals surface area contributed by atoms with Crippen molar-refractivity contribution in [1.29, 1.82) is 0 Å². The Morgan fingerprint density at radius 1 is 1.50 bits per heavy atom. The van der Waals surface area contributed by atoms with E-state index in [0.717, 1.165) is 19.4 Å². The van der Waals surface area contributed by atoms with Crippen LogP contribution in [0.15, 0.2) is 0 Å². The second-order valence-electron chi connectivity index (χ2n) is 5.03. The first kappa shape index (κ1) is 13.7. The molecule has 1 heterocycles. The normalized spacial score (nSPS) is 22.6. The van der Waals surface area contributed by atoms with Crippen molar-refractivity contribution < 1.29 is 4.79 Å². The number of hydrogen-bond donors (Lipinski definition) is 0. The van der Waals surface area contributed by atoms with Gasteiger partial charge in [-0.2, -0.15) is 0 Å². The van der Waals surface area contributed by atoms with Crippen LogP contribution >= 0.6 is 0 Å². The van der Waals surface area contributed by atoms with Gasteiger partial charge in [0.2, 0.25) is 0 Å². The minimum atomic E-state index is 0.397. The van der Waals surface area contributed by atoms with Gasteiger partial charge in [-0.3, -0.25) is 4.79 Å². The van der Waals surface area contributed by atoms with Crippen molar-refractivity contribution in [2.24, 2.45) is 0 Å². The number of rotatable bonds is 6. The quantitative estimate of drug-likeness (QED) is 0.689. The van der Waals surface area contributed by atoms with Crippen LogP contribution in [-0.4, -0.2) is 55.4 Å². The zero-order chi connectivity index (χ0) is 12.0. The van der Waals surface area contributed by atoms with Crippen molar-refractivity contribution in [1.82, 2.24) is 9.80 Å². The van der Waals surface area contributed by atoms with E-state index < -0.39 is 0 Å². The third-order valence-electron chi connectivity index (χ3n) is 3.58. The number of Topliss-reactive ketones (excluding diaryl/α,β-unsaturated/α-hetero) is 1. The number of piperidine rings is 1. The molecular formula is C13H26N2O. The largest absolute Gasteiger partial charge is 0.305 e. The topological polar surface area (TPSA) is 23.6 Å². The molecule has 16 heavy (non-hydrogen) atoms. The third kappa shape index (κ3) is 4.62. The molecule has 0 aromatic heterocycles. The van der Waals surface area contributed by atoms with Crippen LogP contribution in [0.2, 0.25) is 0 Å². The van der Waals surface area contributed by atoms with Crippen LogP contribution in [0.3, 0.4) is 0 Å². The zero-order valence-electron chi connectivity index (χ0n) is 11.0. The molecule has 0 aromatic rings. The summed E-state index contributed by atoms with van der Waals surface area (Å²) in [6, 6.07) is 0.690. The molecule has 0 amide bonds. The van der Waals surface area contributed by atoms with Gasteiger partial charge in [0.25, 0.3) is 0 Å². The molecule has 0 bridgehead atoms. The van der Waals surface area contributed by atoms with Gasteiger partial charge in [0, 0.05) is 25.4 Å². The molecule has 0 aliphatic carbocycles. The highest BCUT2D eigenvalue weighted by molar-refractivity contribution is 5.77. The van der Waals surface area contributed by atoms with Gasteiger partial charge in [-0.05, 0) is 46.4 Å². The van der Waals surface area contributed by atoms with E-state index >= 15 is 0 Å². The predicted molar refractivity (Wildman–Crippen MR) is 67.7 cm³/mol. The first-order valence-electron chi connectivity index (χ1n) is 6.54. The molecule has 0 aromatic carbocycles. The van der Waals surface area contributed by atoms with E-state index in [1.807, 2.05) is 6.92 Å². The SMILES string of the molecule is CCC(=O)CCCN(C)C1CCCN(C)C1. The van der Waals surface area contributed by atoms with Crippen LogP contribution in [0.1, 0.15) is 39.0 Å². The minimum Gasteiger partial charge on any atom is -0.305 e. The summed E-state index contributed by atoms with van der Waals surface area (Å²) in [4.78, 5) is 16.0. The highest BCUT2D eigenvalue weighted by Crippen LogP contribution is 2.13. The van der Waals surface area contributed by atoms with Crippen molar-refractivity contribution >= 4 is 5.78 Å². The molecule has 3 heteroatoms.